The quantitative estimate of drug-likeness (QED) is 0.658. The molecule has 0 spiro atoms. The molecular weight excluding hydrogens is 346 g/mol. The van der Waals surface area contributed by atoms with Crippen LogP contribution in [0.4, 0.5) is 0 Å². The normalized spacial score (nSPS) is 10.6. The minimum atomic E-state index is -0.287. The van der Waals surface area contributed by atoms with Crippen molar-refractivity contribution in [1.82, 2.24) is 14.8 Å². The van der Waals surface area contributed by atoms with Crippen LogP contribution in [0.3, 0.4) is 0 Å². The second kappa shape index (κ2) is 7.07. The van der Waals surface area contributed by atoms with Crippen molar-refractivity contribution in [1.29, 1.82) is 0 Å². The first kappa shape index (κ1) is 16.5. The molecule has 24 heavy (non-hydrogen) atoms. The molecule has 7 heteroatoms. The topological polar surface area (TPSA) is 57.0 Å². The molecule has 1 heterocycles. The molecule has 0 bridgehead atoms. The van der Waals surface area contributed by atoms with Crippen molar-refractivity contribution in [3.05, 3.63) is 59.1 Å². The highest BCUT2D eigenvalue weighted by Crippen LogP contribution is 2.24. The number of ether oxygens (including phenoxy) is 1. The predicted molar refractivity (Wildman–Crippen MR) is 95.0 cm³/mol. The zero-order chi connectivity index (χ0) is 17.1. The lowest BCUT2D eigenvalue weighted by Gasteiger charge is -2.07. The molecule has 0 amide bonds. The molecule has 0 aliphatic carbocycles. The van der Waals surface area contributed by atoms with E-state index in [1.807, 2.05) is 24.5 Å². The van der Waals surface area contributed by atoms with Gasteiger partial charge in [0.25, 0.3) is 5.91 Å². The van der Waals surface area contributed by atoms with Crippen LogP contribution < -0.4 is 4.74 Å². The van der Waals surface area contributed by atoms with Crippen LogP contribution in [-0.4, -0.2) is 34.0 Å². The fourth-order valence-corrected chi connectivity index (χ4v) is 2.82. The van der Waals surface area contributed by atoms with E-state index in [1.54, 1.807) is 30.3 Å². The van der Waals surface area contributed by atoms with Gasteiger partial charge in [-0.1, -0.05) is 35.5 Å². The highest BCUT2D eigenvalue weighted by molar-refractivity contribution is 7.98. The highest BCUT2D eigenvalue weighted by Gasteiger charge is 2.20. The van der Waals surface area contributed by atoms with E-state index in [4.69, 9.17) is 16.3 Å². The van der Waals surface area contributed by atoms with Crippen LogP contribution in [0.25, 0.3) is 11.4 Å². The van der Waals surface area contributed by atoms with E-state index >= 15 is 0 Å². The minimum absolute atomic E-state index is 0.287. The van der Waals surface area contributed by atoms with E-state index in [0.29, 0.717) is 27.3 Å². The number of aromatic nitrogens is 3. The van der Waals surface area contributed by atoms with E-state index in [2.05, 4.69) is 10.1 Å². The molecule has 122 valence electrons. The first-order valence-corrected chi connectivity index (χ1v) is 8.69. The van der Waals surface area contributed by atoms with Gasteiger partial charge in [-0.05, 0) is 42.7 Å². The van der Waals surface area contributed by atoms with Crippen LogP contribution in [-0.2, 0) is 0 Å². The maximum atomic E-state index is 12.9. The molecule has 0 radical (unpaired) electrons. The van der Waals surface area contributed by atoms with Gasteiger partial charge in [-0.3, -0.25) is 4.79 Å². The van der Waals surface area contributed by atoms with E-state index in [1.165, 1.54) is 23.6 Å². The third-order valence-electron chi connectivity index (χ3n) is 3.39. The van der Waals surface area contributed by atoms with E-state index in [0.717, 1.165) is 5.56 Å². The molecule has 3 rings (SSSR count). The lowest BCUT2D eigenvalue weighted by atomic mass is 10.2. The third kappa shape index (κ3) is 3.16. The van der Waals surface area contributed by atoms with Crippen molar-refractivity contribution in [3.63, 3.8) is 0 Å². The smallest absolute Gasteiger partial charge is 0.284 e. The lowest BCUT2D eigenvalue weighted by molar-refractivity contribution is 0.0930. The molecule has 0 unspecified atom stereocenters. The van der Waals surface area contributed by atoms with Gasteiger partial charge in [0.15, 0.2) is 11.0 Å². The molecule has 5 nitrogen and oxygen atoms in total. The number of thioether (sulfide) groups is 1. The maximum absolute atomic E-state index is 12.9. The zero-order valence-corrected chi connectivity index (χ0v) is 14.6. The summed E-state index contributed by atoms with van der Waals surface area (Å²) < 4.78 is 6.56. The van der Waals surface area contributed by atoms with Gasteiger partial charge in [0.2, 0.25) is 0 Å². The largest absolute Gasteiger partial charge is 0.496 e. The average Bonchev–Trinajstić information content (AvgIpc) is 3.06. The van der Waals surface area contributed by atoms with Crippen LogP contribution in [0.5, 0.6) is 5.75 Å². The zero-order valence-electron chi connectivity index (χ0n) is 13.1. The monoisotopic (exact) mass is 359 g/mol. The second-order valence-electron chi connectivity index (χ2n) is 4.85. The third-order valence-corrected chi connectivity index (χ3v) is 4.27. The van der Waals surface area contributed by atoms with Crippen molar-refractivity contribution in [3.8, 4) is 17.1 Å². The average molecular weight is 360 g/mol. The fourth-order valence-electron chi connectivity index (χ4n) is 2.22. The van der Waals surface area contributed by atoms with E-state index in [9.17, 15) is 4.79 Å². The van der Waals surface area contributed by atoms with Gasteiger partial charge in [-0.25, -0.2) is 4.98 Å². The summed E-state index contributed by atoms with van der Waals surface area (Å²) in [6.45, 7) is 0. The predicted octanol–water partition coefficient (Wildman–Crippen LogP) is 4.02. The molecule has 0 aliphatic heterocycles. The van der Waals surface area contributed by atoms with Gasteiger partial charge in [0, 0.05) is 10.6 Å². The SMILES string of the molecule is COc1ccccc1C(=O)n1nc(-c2ccc(Cl)cc2)nc1SC. The summed E-state index contributed by atoms with van der Waals surface area (Å²) in [6.07, 6.45) is 1.85. The van der Waals surface area contributed by atoms with Crippen LogP contribution >= 0.6 is 23.4 Å². The Bertz CT molecular complexity index is 878. The van der Waals surface area contributed by atoms with E-state index < -0.39 is 0 Å². The van der Waals surface area contributed by atoms with Crippen LogP contribution in [0.15, 0.2) is 53.7 Å². The number of hydrogen-bond donors (Lipinski definition) is 0. The summed E-state index contributed by atoms with van der Waals surface area (Å²) in [4.78, 5) is 17.3. The van der Waals surface area contributed by atoms with Gasteiger partial charge >= 0.3 is 0 Å². The Labute approximate surface area is 148 Å². The number of halogens is 1. The summed E-state index contributed by atoms with van der Waals surface area (Å²) in [5, 5.41) is 5.51. The first-order valence-electron chi connectivity index (χ1n) is 7.08. The summed E-state index contributed by atoms with van der Waals surface area (Å²) in [5.74, 6) is 0.682. The number of hydrogen-bond acceptors (Lipinski definition) is 5. The van der Waals surface area contributed by atoms with Crippen molar-refractivity contribution in [2.24, 2.45) is 0 Å². The number of carbonyl (C=O) groups excluding carboxylic acids is 1. The van der Waals surface area contributed by atoms with Gasteiger partial charge in [0.05, 0.1) is 12.7 Å². The van der Waals surface area contributed by atoms with Crippen molar-refractivity contribution in [2.75, 3.05) is 13.4 Å². The summed E-state index contributed by atoms with van der Waals surface area (Å²) in [7, 11) is 1.53. The fraction of sp³-hybridized carbons (Fsp3) is 0.118. The number of carbonyl (C=O) groups is 1. The van der Waals surface area contributed by atoms with Crippen LogP contribution in [0.2, 0.25) is 5.02 Å². The van der Waals surface area contributed by atoms with E-state index in [-0.39, 0.29) is 5.91 Å². The number of rotatable bonds is 4. The Balaban J connectivity index is 2.04. The number of benzene rings is 2. The lowest BCUT2D eigenvalue weighted by Crippen LogP contribution is -2.15. The minimum Gasteiger partial charge on any atom is -0.496 e. The summed E-state index contributed by atoms with van der Waals surface area (Å²) in [6, 6.07) is 14.2. The van der Waals surface area contributed by atoms with Gasteiger partial charge in [-0.2, -0.15) is 4.68 Å². The van der Waals surface area contributed by atoms with Gasteiger partial charge in [-0.15, -0.1) is 5.10 Å². The number of methoxy groups -OCH3 is 1. The Morgan fingerprint density at radius 3 is 2.54 bits per heavy atom. The number of nitrogens with zero attached hydrogens (tertiary/aromatic N) is 3. The summed E-state index contributed by atoms with van der Waals surface area (Å²) >= 11 is 7.26. The Morgan fingerprint density at radius 1 is 1.17 bits per heavy atom. The molecule has 3 aromatic rings. The molecule has 0 saturated carbocycles. The molecule has 0 fully saturated rings. The van der Waals surface area contributed by atoms with Crippen molar-refractivity contribution < 1.29 is 9.53 Å². The first-order chi connectivity index (χ1) is 11.6. The van der Waals surface area contributed by atoms with Crippen LogP contribution in [0.1, 0.15) is 10.4 Å². The molecule has 2 aromatic carbocycles. The van der Waals surface area contributed by atoms with Gasteiger partial charge < -0.3 is 4.74 Å². The Morgan fingerprint density at radius 2 is 1.88 bits per heavy atom. The highest BCUT2D eigenvalue weighted by atomic mass is 35.5. The molecule has 1 aromatic heterocycles. The Kier molecular flexibility index (Phi) is 4.87. The molecular formula is C17H14ClN3O2S. The van der Waals surface area contributed by atoms with Crippen molar-refractivity contribution >= 4 is 29.3 Å². The molecule has 0 saturated heterocycles. The molecule has 0 atom stereocenters. The number of para-hydroxylation sites is 1. The maximum Gasteiger partial charge on any atom is 0.284 e. The van der Waals surface area contributed by atoms with Gasteiger partial charge in [0.1, 0.15) is 5.75 Å². The van der Waals surface area contributed by atoms with Crippen LogP contribution in [0, 0.1) is 0 Å². The standard InChI is InChI=1S/C17H14ClN3O2S/c1-23-14-6-4-3-5-13(14)16(22)21-17(24-2)19-15(20-21)11-7-9-12(18)10-8-11/h3-10H,1-2H3. The second-order valence-corrected chi connectivity index (χ2v) is 6.06. The van der Waals surface area contributed by atoms with Crippen molar-refractivity contribution in [2.45, 2.75) is 5.16 Å². The molecule has 0 N–H and O–H groups in total. The Hall–Kier alpha value is -2.31. The summed E-state index contributed by atoms with van der Waals surface area (Å²) in [5.41, 5.74) is 1.23. The molecule has 0 aliphatic rings.